The number of nitrogens with zero attached hydrogens (tertiary/aromatic N) is 2. The van der Waals surface area contributed by atoms with Crippen LogP contribution >= 0.6 is 15.9 Å². The number of rotatable bonds is 8. The van der Waals surface area contributed by atoms with Crippen LogP contribution in [-0.2, 0) is 13.1 Å². The number of hydrogen-bond acceptors (Lipinski definition) is 5. The van der Waals surface area contributed by atoms with E-state index in [4.69, 9.17) is 14.2 Å². The molecule has 0 saturated carbocycles. The second-order valence-corrected chi connectivity index (χ2v) is 7.05. The van der Waals surface area contributed by atoms with Gasteiger partial charge in [-0.05, 0) is 51.3 Å². The molecule has 0 unspecified atom stereocenters. The number of benzene rings is 2. The average Bonchev–Trinajstić information content (AvgIpc) is 2.73. The van der Waals surface area contributed by atoms with E-state index in [1.54, 1.807) is 21.3 Å². The molecule has 3 rings (SSSR count). The van der Waals surface area contributed by atoms with Crippen molar-refractivity contribution < 1.29 is 14.2 Å². The first-order valence-corrected chi connectivity index (χ1v) is 9.63. The molecule has 0 aliphatic heterocycles. The van der Waals surface area contributed by atoms with Crippen LogP contribution in [-0.4, -0.2) is 26.3 Å². The Labute approximate surface area is 174 Å². The van der Waals surface area contributed by atoms with Crippen LogP contribution in [0.5, 0.6) is 17.2 Å². The Kier molecular flexibility index (Phi) is 6.76. The second kappa shape index (κ2) is 9.46. The van der Waals surface area contributed by atoms with Crippen molar-refractivity contribution in [3.63, 3.8) is 0 Å². The molecule has 0 spiro atoms. The lowest BCUT2D eigenvalue weighted by Gasteiger charge is -2.25. The van der Waals surface area contributed by atoms with Crippen molar-refractivity contribution in [1.82, 2.24) is 4.98 Å². The predicted molar refractivity (Wildman–Crippen MR) is 114 cm³/mol. The molecule has 6 heteroatoms. The van der Waals surface area contributed by atoms with E-state index >= 15 is 0 Å². The van der Waals surface area contributed by atoms with E-state index in [1.165, 1.54) is 0 Å². The van der Waals surface area contributed by atoms with Gasteiger partial charge in [0.25, 0.3) is 0 Å². The molecule has 0 saturated heterocycles. The highest BCUT2D eigenvalue weighted by Gasteiger charge is 2.13. The van der Waals surface area contributed by atoms with Crippen molar-refractivity contribution in [3.05, 3.63) is 76.4 Å². The number of hydrogen-bond donors (Lipinski definition) is 0. The smallest absolute Gasteiger partial charge is 0.134 e. The Morgan fingerprint density at radius 3 is 1.61 bits per heavy atom. The highest BCUT2D eigenvalue weighted by atomic mass is 79.9. The topological polar surface area (TPSA) is 43.8 Å². The standard InChI is InChI=1S/C22H23BrN2O3/c1-26-18-8-4-16(5-9-18)14-25(15-17-6-10-19(27-2)11-7-17)22-13-20(28-3)12-21(23)24-22/h4-13H,14-15H2,1-3H3. The number of ether oxygens (including phenoxy) is 3. The lowest BCUT2D eigenvalue weighted by Crippen LogP contribution is -2.23. The number of halogens is 1. The summed E-state index contributed by atoms with van der Waals surface area (Å²) in [5.74, 6) is 3.27. The fourth-order valence-electron chi connectivity index (χ4n) is 2.86. The molecular formula is C22H23BrN2O3. The van der Waals surface area contributed by atoms with Gasteiger partial charge < -0.3 is 19.1 Å². The second-order valence-electron chi connectivity index (χ2n) is 6.24. The van der Waals surface area contributed by atoms with Crippen molar-refractivity contribution in [2.24, 2.45) is 0 Å². The number of aromatic nitrogens is 1. The summed E-state index contributed by atoms with van der Waals surface area (Å²) in [6.07, 6.45) is 0. The van der Waals surface area contributed by atoms with Gasteiger partial charge in [0.05, 0.1) is 21.3 Å². The van der Waals surface area contributed by atoms with Gasteiger partial charge in [-0.3, -0.25) is 0 Å². The van der Waals surface area contributed by atoms with Crippen molar-refractivity contribution in [2.45, 2.75) is 13.1 Å². The van der Waals surface area contributed by atoms with Crippen molar-refractivity contribution in [1.29, 1.82) is 0 Å². The average molecular weight is 443 g/mol. The maximum absolute atomic E-state index is 5.42. The fraction of sp³-hybridized carbons (Fsp3) is 0.227. The molecule has 0 aliphatic rings. The van der Waals surface area contributed by atoms with Gasteiger partial charge in [0.15, 0.2) is 0 Å². The van der Waals surface area contributed by atoms with E-state index in [0.717, 1.165) is 38.8 Å². The Bertz CT molecular complexity index is 849. The molecule has 5 nitrogen and oxygen atoms in total. The fourth-order valence-corrected chi connectivity index (χ4v) is 3.27. The van der Waals surface area contributed by atoms with Crippen molar-refractivity contribution in [2.75, 3.05) is 26.2 Å². The van der Waals surface area contributed by atoms with Gasteiger partial charge in [0.2, 0.25) is 0 Å². The molecule has 0 atom stereocenters. The van der Waals surface area contributed by atoms with E-state index in [1.807, 2.05) is 36.4 Å². The molecule has 3 aromatic rings. The summed E-state index contributed by atoms with van der Waals surface area (Å²) in [6.45, 7) is 1.39. The summed E-state index contributed by atoms with van der Waals surface area (Å²) < 4.78 is 16.7. The highest BCUT2D eigenvalue weighted by Crippen LogP contribution is 2.27. The molecule has 146 valence electrons. The number of anilines is 1. The first-order valence-electron chi connectivity index (χ1n) is 8.83. The van der Waals surface area contributed by atoms with Crippen molar-refractivity contribution >= 4 is 21.7 Å². The molecule has 1 heterocycles. The monoisotopic (exact) mass is 442 g/mol. The molecule has 0 fully saturated rings. The zero-order chi connectivity index (χ0) is 19.9. The van der Waals surface area contributed by atoms with Crippen LogP contribution in [0.2, 0.25) is 0 Å². The maximum atomic E-state index is 5.42. The first kappa shape index (κ1) is 20.0. The van der Waals surface area contributed by atoms with Gasteiger partial charge in [-0.1, -0.05) is 24.3 Å². The van der Waals surface area contributed by atoms with E-state index in [-0.39, 0.29) is 0 Å². The van der Waals surface area contributed by atoms with Crippen LogP contribution in [0.3, 0.4) is 0 Å². The molecule has 1 aromatic heterocycles. The third kappa shape index (κ3) is 5.16. The number of methoxy groups -OCH3 is 3. The summed E-state index contributed by atoms with van der Waals surface area (Å²) in [4.78, 5) is 6.86. The van der Waals surface area contributed by atoms with E-state index in [0.29, 0.717) is 13.1 Å². The SMILES string of the molecule is COc1ccc(CN(Cc2ccc(OC)cc2)c2cc(OC)cc(Br)n2)cc1. The Hall–Kier alpha value is -2.73. The van der Waals surface area contributed by atoms with Gasteiger partial charge in [-0.15, -0.1) is 0 Å². The van der Waals surface area contributed by atoms with Crippen LogP contribution in [0.25, 0.3) is 0 Å². The zero-order valence-corrected chi connectivity index (χ0v) is 17.8. The van der Waals surface area contributed by atoms with Gasteiger partial charge >= 0.3 is 0 Å². The molecule has 0 amide bonds. The minimum atomic E-state index is 0.697. The third-order valence-corrected chi connectivity index (χ3v) is 4.78. The largest absolute Gasteiger partial charge is 0.497 e. The van der Waals surface area contributed by atoms with E-state index < -0.39 is 0 Å². The minimum absolute atomic E-state index is 0.697. The van der Waals surface area contributed by atoms with E-state index in [2.05, 4.69) is 50.1 Å². The highest BCUT2D eigenvalue weighted by molar-refractivity contribution is 9.10. The normalized spacial score (nSPS) is 10.4. The lowest BCUT2D eigenvalue weighted by atomic mass is 10.1. The maximum Gasteiger partial charge on any atom is 0.134 e. The summed E-state index contributed by atoms with van der Waals surface area (Å²) in [6, 6.07) is 19.9. The van der Waals surface area contributed by atoms with Crippen LogP contribution < -0.4 is 19.1 Å². The van der Waals surface area contributed by atoms with Gasteiger partial charge in [-0.25, -0.2) is 4.98 Å². The summed E-state index contributed by atoms with van der Waals surface area (Å²) in [5.41, 5.74) is 2.32. The summed E-state index contributed by atoms with van der Waals surface area (Å²) >= 11 is 3.48. The van der Waals surface area contributed by atoms with E-state index in [9.17, 15) is 0 Å². The summed E-state index contributed by atoms with van der Waals surface area (Å²) in [5, 5.41) is 0. The Morgan fingerprint density at radius 1 is 0.714 bits per heavy atom. The summed E-state index contributed by atoms with van der Waals surface area (Å²) in [7, 11) is 4.99. The Morgan fingerprint density at radius 2 is 1.18 bits per heavy atom. The molecule has 2 aromatic carbocycles. The van der Waals surface area contributed by atoms with Gasteiger partial charge in [0.1, 0.15) is 27.7 Å². The molecule has 0 N–H and O–H groups in total. The van der Waals surface area contributed by atoms with Crippen molar-refractivity contribution in [3.8, 4) is 17.2 Å². The molecule has 0 bridgehead atoms. The van der Waals surface area contributed by atoms with Crippen LogP contribution in [0.15, 0.2) is 65.3 Å². The molecule has 28 heavy (non-hydrogen) atoms. The third-order valence-electron chi connectivity index (χ3n) is 4.38. The first-order chi connectivity index (χ1) is 13.6. The van der Waals surface area contributed by atoms with Gasteiger partial charge in [0, 0.05) is 25.2 Å². The van der Waals surface area contributed by atoms with Crippen LogP contribution in [0.4, 0.5) is 5.82 Å². The zero-order valence-electron chi connectivity index (χ0n) is 16.2. The minimum Gasteiger partial charge on any atom is -0.497 e. The molecule has 0 aliphatic carbocycles. The van der Waals surface area contributed by atoms with Gasteiger partial charge in [-0.2, -0.15) is 0 Å². The quantitative estimate of drug-likeness (QED) is 0.455. The molecular weight excluding hydrogens is 420 g/mol. The van der Waals surface area contributed by atoms with Crippen LogP contribution in [0.1, 0.15) is 11.1 Å². The lowest BCUT2D eigenvalue weighted by molar-refractivity contribution is 0.413. The Balaban J connectivity index is 1.90. The van der Waals surface area contributed by atoms with Crippen LogP contribution in [0, 0.1) is 0 Å². The predicted octanol–water partition coefficient (Wildman–Crippen LogP) is 5.08. The number of pyridine rings is 1. The molecule has 0 radical (unpaired) electrons.